The summed E-state index contributed by atoms with van der Waals surface area (Å²) in [6.07, 6.45) is 3.35. The molecule has 0 spiro atoms. The Balaban J connectivity index is 1.60. The average molecular weight is 462 g/mol. The van der Waals surface area contributed by atoms with Crippen molar-refractivity contribution in [2.75, 3.05) is 11.9 Å². The van der Waals surface area contributed by atoms with E-state index in [4.69, 9.17) is 14.2 Å². The van der Waals surface area contributed by atoms with E-state index in [1.54, 1.807) is 12.1 Å². The average Bonchev–Trinajstić information content (AvgIpc) is 2.84. The van der Waals surface area contributed by atoms with E-state index >= 15 is 0 Å². The smallest absolute Gasteiger partial charge is 0.132 e. The number of benzene rings is 3. The van der Waals surface area contributed by atoms with E-state index in [-0.39, 0.29) is 18.0 Å². The van der Waals surface area contributed by atoms with Gasteiger partial charge < -0.3 is 19.5 Å². The molecule has 1 N–H and O–H groups in total. The Morgan fingerprint density at radius 2 is 1.74 bits per heavy atom. The zero-order valence-electron chi connectivity index (χ0n) is 20.0. The van der Waals surface area contributed by atoms with Gasteiger partial charge >= 0.3 is 0 Å². The summed E-state index contributed by atoms with van der Waals surface area (Å²) < 4.78 is 32.4. The van der Waals surface area contributed by atoms with Crippen LogP contribution in [0.1, 0.15) is 43.6 Å². The van der Waals surface area contributed by atoms with E-state index < -0.39 is 5.60 Å². The highest BCUT2D eigenvalue weighted by molar-refractivity contribution is 5.54. The van der Waals surface area contributed by atoms with Crippen LogP contribution in [0.5, 0.6) is 5.75 Å². The fraction of sp³-hybridized carbons (Fsp3) is 0.310. The second-order valence-electron chi connectivity index (χ2n) is 8.98. The van der Waals surface area contributed by atoms with Gasteiger partial charge in [-0.3, -0.25) is 0 Å². The van der Waals surface area contributed by atoms with Crippen molar-refractivity contribution in [1.29, 1.82) is 0 Å². The van der Waals surface area contributed by atoms with Crippen molar-refractivity contribution in [2.24, 2.45) is 0 Å². The largest absolute Gasteiger partial charge is 0.485 e. The third kappa shape index (κ3) is 5.85. The molecule has 1 aliphatic heterocycles. The van der Waals surface area contributed by atoms with Gasteiger partial charge in [-0.1, -0.05) is 54.6 Å². The third-order valence-electron chi connectivity index (χ3n) is 5.94. The van der Waals surface area contributed by atoms with Crippen LogP contribution in [0.3, 0.4) is 0 Å². The fourth-order valence-corrected chi connectivity index (χ4v) is 4.13. The fourth-order valence-electron chi connectivity index (χ4n) is 4.13. The minimum Gasteiger partial charge on any atom is -0.485 e. The summed E-state index contributed by atoms with van der Waals surface area (Å²) in [5.41, 5.74) is 3.42. The molecule has 3 aromatic carbocycles. The van der Waals surface area contributed by atoms with E-state index in [1.807, 2.05) is 63.3 Å². The Kier molecular flexibility index (Phi) is 7.66. The summed E-state index contributed by atoms with van der Waals surface area (Å²) in [5, 5.41) is 3.43. The van der Waals surface area contributed by atoms with Gasteiger partial charge in [0.1, 0.15) is 29.4 Å². The van der Waals surface area contributed by atoms with E-state index in [9.17, 15) is 4.39 Å². The number of hydrogen-bond donors (Lipinski definition) is 1. The summed E-state index contributed by atoms with van der Waals surface area (Å²) in [7, 11) is 0. The van der Waals surface area contributed by atoms with Gasteiger partial charge in [0.25, 0.3) is 0 Å². The van der Waals surface area contributed by atoms with Crippen LogP contribution in [0, 0.1) is 5.82 Å². The van der Waals surface area contributed by atoms with Crippen LogP contribution in [0.4, 0.5) is 10.1 Å². The minimum atomic E-state index is -0.570. The van der Waals surface area contributed by atoms with Gasteiger partial charge in [0.05, 0.1) is 13.2 Å². The molecule has 0 aliphatic carbocycles. The van der Waals surface area contributed by atoms with E-state index in [1.165, 1.54) is 12.1 Å². The lowest BCUT2D eigenvalue weighted by molar-refractivity contribution is -0.161. The maximum atomic E-state index is 13.2. The highest BCUT2D eigenvalue weighted by Crippen LogP contribution is 2.44. The lowest BCUT2D eigenvalue weighted by Crippen LogP contribution is -2.51. The second kappa shape index (κ2) is 10.9. The quantitative estimate of drug-likeness (QED) is 0.355. The van der Waals surface area contributed by atoms with E-state index in [0.29, 0.717) is 19.8 Å². The van der Waals surface area contributed by atoms with Crippen LogP contribution in [0.15, 0.2) is 84.9 Å². The number of halogens is 1. The zero-order valence-corrected chi connectivity index (χ0v) is 20.0. The maximum absolute atomic E-state index is 13.2. The SMILES string of the molecule is CC=CCOC1C(OCc2ccccc2)c2cc(NCc3ccc(F)cc3)ccc2OC1(C)C. The van der Waals surface area contributed by atoms with E-state index in [0.717, 1.165) is 28.1 Å². The molecule has 5 heteroatoms. The number of rotatable bonds is 9. The molecule has 2 unspecified atom stereocenters. The van der Waals surface area contributed by atoms with E-state index in [2.05, 4.69) is 23.5 Å². The van der Waals surface area contributed by atoms with Crippen LogP contribution in [0.2, 0.25) is 0 Å². The van der Waals surface area contributed by atoms with Gasteiger partial charge in [0.2, 0.25) is 0 Å². The molecule has 1 aliphatic rings. The molecule has 3 aromatic rings. The van der Waals surface area contributed by atoms with Crippen LogP contribution >= 0.6 is 0 Å². The Hall–Kier alpha value is -3.15. The Labute approximate surface area is 201 Å². The van der Waals surface area contributed by atoms with Crippen LogP contribution < -0.4 is 10.1 Å². The highest BCUT2D eigenvalue weighted by Gasteiger charge is 2.45. The Bertz CT molecular complexity index is 1100. The number of fused-ring (bicyclic) bond motifs is 1. The molecule has 34 heavy (non-hydrogen) atoms. The van der Waals surface area contributed by atoms with Crippen molar-refractivity contribution < 1.29 is 18.6 Å². The number of anilines is 1. The summed E-state index contributed by atoms with van der Waals surface area (Å²) in [5.74, 6) is 0.556. The third-order valence-corrected chi connectivity index (χ3v) is 5.94. The first kappa shape index (κ1) is 24.0. The highest BCUT2D eigenvalue weighted by atomic mass is 19.1. The van der Waals surface area contributed by atoms with Crippen LogP contribution in [-0.2, 0) is 22.6 Å². The molecule has 1 heterocycles. The predicted octanol–water partition coefficient (Wildman–Crippen LogP) is 6.83. The van der Waals surface area contributed by atoms with Crippen LogP contribution in [0.25, 0.3) is 0 Å². The normalized spacial score (nSPS) is 18.9. The second-order valence-corrected chi connectivity index (χ2v) is 8.98. The lowest BCUT2D eigenvalue weighted by Gasteiger charge is -2.44. The Morgan fingerprint density at radius 3 is 2.47 bits per heavy atom. The molecule has 0 fully saturated rings. The monoisotopic (exact) mass is 461 g/mol. The molecule has 178 valence electrons. The predicted molar refractivity (Wildman–Crippen MR) is 133 cm³/mol. The van der Waals surface area contributed by atoms with Crippen molar-refractivity contribution in [3.05, 3.63) is 107 Å². The van der Waals surface area contributed by atoms with Gasteiger partial charge in [-0.25, -0.2) is 4.39 Å². The molecule has 2 atom stereocenters. The zero-order chi connectivity index (χ0) is 24.0. The minimum absolute atomic E-state index is 0.236. The molecule has 0 bridgehead atoms. The van der Waals surface area contributed by atoms with Gasteiger partial charge in [-0.05, 0) is 62.2 Å². The molecule has 0 radical (unpaired) electrons. The van der Waals surface area contributed by atoms with Crippen molar-refractivity contribution in [2.45, 2.75) is 51.7 Å². The molecule has 4 nitrogen and oxygen atoms in total. The Morgan fingerprint density at radius 1 is 0.971 bits per heavy atom. The summed E-state index contributed by atoms with van der Waals surface area (Å²) >= 11 is 0. The van der Waals surface area contributed by atoms with Gasteiger partial charge in [-0.2, -0.15) is 0 Å². The summed E-state index contributed by atoms with van der Waals surface area (Å²) in [4.78, 5) is 0. The number of allylic oxidation sites excluding steroid dienone is 1. The molecular formula is C29H32FNO3. The molecule has 0 saturated heterocycles. The maximum Gasteiger partial charge on any atom is 0.132 e. The number of nitrogens with one attached hydrogen (secondary N) is 1. The first-order valence-electron chi connectivity index (χ1n) is 11.7. The topological polar surface area (TPSA) is 39.7 Å². The van der Waals surface area contributed by atoms with Crippen molar-refractivity contribution in [3.8, 4) is 5.75 Å². The molecule has 0 aromatic heterocycles. The van der Waals surface area contributed by atoms with Gasteiger partial charge in [0, 0.05) is 17.8 Å². The van der Waals surface area contributed by atoms with Crippen LogP contribution in [-0.4, -0.2) is 18.3 Å². The van der Waals surface area contributed by atoms with Crippen molar-refractivity contribution in [3.63, 3.8) is 0 Å². The molecule has 0 saturated carbocycles. The summed E-state index contributed by atoms with van der Waals surface area (Å²) in [6, 6.07) is 22.7. The van der Waals surface area contributed by atoms with Gasteiger partial charge in [-0.15, -0.1) is 0 Å². The van der Waals surface area contributed by atoms with Crippen molar-refractivity contribution >= 4 is 5.69 Å². The standard InChI is InChI=1S/C29H32FNO3/c1-4-5-17-32-28-27(33-20-22-9-7-6-8-10-22)25-18-24(15-16-26(25)34-29(28,2)3)31-19-21-11-13-23(30)14-12-21/h4-16,18,27-28,31H,17,19-20H2,1-3H3. The molecule has 4 rings (SSSR count). The molecular weight excluding hydrogens is 429 g/mol. The number of hydrogen-bond acceptors (Lipinski definition) is 4. The summed E-state index contributed by atoms with van der Waals surface area (Å²) in [6.45, 7) is 7.59. The number of ether oxygens (including phenoxy) is 3. The lowest BCUT2D eigenvalue weighted by atomic mass is 9.87. The van der Waals surface area contributed by atoms with Crippen molar-refractivity contribution in [1.82, 2.24) is 0 Å². The van der Waals surface area contributed by atoms with Gasteiger partial charge in [0.15, 0.2) is 0 Å². The first-order valence-corrected chi connectivity index (χ1v) is 11.7. The first-order chi connectivity index (χ1) is 16.5. The molecule has 0 amide bonds.